The van der Waals surface area contributed by atoms with Crippen LogP contribution in [-0.4, -0.2) is 96.6 Å². The van der Waals surface area contributed by atoms with Gasteiger partial charge in [-0.3, -0.25) is 19.2 Å². The second-order valence-electron chi connectivity index (χ2n) is 15.1. The summed E-state index contributed by atoms with van der Waals surface area (Å²) in [6, 6.07) is 8.31. The molecule has 1 aliphatic rings. The minimum Gasteiger partial charge on any atom is -0.379 e. The molecule has 0 spiro atoms. The van der Waals surface area contributed by atoms with Gasteiger partial charge in [-0.1, -0.05) is 85.2 Å². The van der Waals surface area contributed by atoms with Crippen molar-refractivity contribution in [2.24, 2.45) is 23.7 Å². The molecule has 52 heavy (non-hydrogen) atoms. The smallest absolute Gasteiger partial charge is 0.245 e. The first-order valence-corrected chi connectivity index (χ1v) is 19.8. The third kappa shape index (κ3) is 11.6. The number of nitrogens with zero attached hydrogens (tertiary/aromatic N) is 3. The van der Waals surface area contributed by atoms with Gasteiger partial charge < -0.3 is 29.9 Å². The Morgan fingerprint density at radius 1 is 1.00 bits per heavy atom. The molecule has 2 heterocycles. The molecular formula is C40H63N5O6S. The maximum absolute atomic E-state index is 14.2. The Morgan fingerprint density at radius 3 is 2.25 bits per heavy atom. The number of hydrogen-bond donors (Lipinski definition) is 2. The number of likely N-dealkylation sites (N-methyl/N-ethyl adjacent to an activating group) is 1. The molecule has 290 valence electrons. The maximum atomic E-state index is 14.2. The van der Waals surface area contributed by atoms with Gasteiger partial charge in [-0.2, -0.15) is 0 Å². The maximum Gasteiger partial charge on any atom is 0.245 e. The predicted octanol–water partition coefficient (Wildman–Crippen LogP) is 5.65. The Balaban J connectivity index is 1.77. The minimum absolute atomic E-state index is 0.0114. The summed E-state index contributed by atoms with van der Waals surface area (Å²) in [4.78, 5) is 62.8. The number of carbonyl (C=O) groups is 4. The number of carbonyl (C=O) groups excluding carboxylic acids is 4. The Hall–Kier alpha value is -3.35. The van der Waals surface area contributed by atoms with Gasteiger partial charge in [-0.15, -0.1) is 11.3 Å². The van der Waals surface area contributed by atoms with E-state index in [-0.39, 0.29) is 59.9 Å². The number of methoxy groups -OCH3 is 2. The van der Waals surface area contributed by atoms with Gasteiger partial charge in [0.25, 0.3) is 0 Å². The highest BCUT2D eigenvalue weighted by Gasteiger charge is 2.43. The lowest BCUT2D eigenvalue weighted by molar-refractivity contribution is -0.147. The van der Waals surface area contributed by atoms with E-state index in [2.05, 4.69) is 29.5 Å². The molecule has 2 aromatic rings. The summed E-state index contributed by atoms with van der Waals surface area (Å²) >= 11 is 1.51. The first kappa shape index (κ1) is 43.1. The SMILES string of the molecule is CC[C@H](C)[C@@H]([C@@H](CC(=O)N1CCC[C@H]1[C@H](OC)[C@@H](C)C(=O)N[C@@H](Cc1ccccc1)c1nccs1)OC)N(C)C(=O)[C@@H](NC(=O)CC(C)C)C(C)C. The van der Waals surface area contributed by atoms with E-state index in [1.54, 1.807) is 32.4 Å². The first-order chi connectivity index (χ1) is 24.7. The van der Waals surface area contributed by atoms with Gasteiger partial charge in [0.15, 0.2) is 0 Å². The van der Waals surface area contributed by atoms with Gasteiger partial charge in [-0.25, -0.2) is 4.98 Å². The molecule has 0 unspecified atom stereocenters. The van der Waals surface area contributed by atoms with Crippen LogP contribution in [0.1, 0.15) is 97.2 Å². The van der Waals surface area contributed by atoms with E-state index >= 15 is 0 Å². The average Bonchev–Trinajstić information content (AvgIpc) is 3.83. The van der Waals surface area contributed by atoms with Crippen molar-refractivity contribution in [2.45, 2.75) is 123 Å². The van der Waals surface area contributed by atoms with Crippen molar-refractivity contribution in [1.29, 1.82) is 0 Å². The van der Waals surface area contributed by atoms with Crippen molar-refractivity contribution in [2.75, 3.05) is 27.8 Å². The van der Waals surface area contributed by atoms with Crippen LogP contribution in [-0.2, 0) is 35.1 Å². The van der Waals surface area contributed by atoms with E-state index in [9.17, 15) is 19.2 Å². The Morgan fingerprint density at radius 2 is 1.69 bits per heavy atom. The lowest BCUT2D eigenvalue weighted by atomic mass is 9.89. The fourth-order valence-corrected chi connectivity index (χ4v) is 8.09. The molecule has 11 nitrogen and oxygen atoms in total. The van der Waals surface area contributed by atoms with Crippen molar-refractivity contribution in [1.82, 2.24) is 25.4 Å². The average molecular weight is 742 g/mol. The van der Waals surface area contributed by atoms with Crippen LogP contribution in [0.25, 0.3) is 0 Å². The molecule has 0 saturated carbocycles. The Kier molecular flexibility index (Phi) is 17.2. The van der Waals surface area contributed by atoms with Gasteiger partial charge in [0, 0.05) is 45.8 Å². The number of hydrogen-bond acceptors (Lipinski definition) is 8. The summed E-state index contributed by atoms with van der Waals surface area (Å²) in [5.74, 6) is -1.11. The standard InChI is InChI=1S/C40H63N5O6S/c1-11-27(6)36(44(8)40(49)35(26(4)5)43-33(46)22-25(2)3)32(50-9)24-34(47)45-20-15-18-31(45)37(51-10)28(7)38(48)42-30(39-41-19-21-52-39)23-29-16-13-12-14-17-29/h12-14,16-17,19,21,25-28,30-32,35-37H,11,15,18,20,22-24H2,1-10H3,(H,42,48)(H,43,46)/t27-,28+,30-,31-,32+,35-,36-,37+/m0/s1. The molecular weight excluding hydrogens is 679 g/mol. The topological polar surface area (TPSA) is 130 Å². The van der Waals surface area contributed by atoms with Crippen LogP contribution in [0.2, 0.25) is 0 Å². The highest BCUT2D eigenvalue weighted by atomic mass is 32.1. The van der Waals surface area contributed by atoms with Gasteiger partial charge in [-0.05, 0) is 42.6 Å². The van der Waals surface area contributed by atoms with Crippen LogP contribution < -0.4 is 10.6 Å². The highest BCUT2D eigenvalue weighted by Crippen LogP contribution is 2.30. The number of benzene rings is 1. The number of ether oxygens (including phenoxy) is 2. The predicted molar refractivity (Wildman–Crippen MR) is 205 cm³/mol. The summed E-state index contributed by atoms with van der Waals surface area (Å²) in [5.41, 5.74) is 1.10. The Bertz CT molecular complexity index is 1410. The number of thiazole rings is 1. The van der Waals surface area contributed by atoms with Gasteiger partial charge in [0.1, 0.15) is 11.0 Å². The molecule has 1 aliphatic heterocycles. The minimum atomic E-state index is -0.697. The first-order valence-electron chi connectivity index (χ1n) is 18.9. The molecule has 2 N–H and O–H groups in total. The van der Waals surface area contributed by atoms with Gasteiger partial charge in [0.05, 0.1) is 42.7 Å². The van der Waals surface area contributed by atoms with Gasteiger partial charge in [0.2, 0.25) is 23.6 Å². The zero-order valence-electron chi connectivity index (χ0n) is 33.0. The lowest BCUT2D eigenvalue weighted by Crippen LogP contribution is -2.57. The Labute approximate surface area is 315 Å². The van der Waals surface area contributed by atoms with E-state index < -0.39 is 30.2 Å². The van der Waals surface area contributed by atoms with Crippen LogP contribution in [0, 0.1) is 23.7 Å². The molecule has 1 aromatic carbocycles. The van der Waals surface area contributed by atoms with Crippen LogP contribution in [0.3, 0.4) is 0 Å². The largest absolute Gasteiger partial charge is 0.379 e. The quantitative estimate of drug-likeness (QED) is 0.180. The molecule has 3 rings (SSSR count). The van der Waals surface area contributed by atoms with E-state index in [0.29, 0.717) is 25.8 Å². The molecule has 1 fully saturated rings. The number of likely N-dealkylation sites (tertiary alicyclic amines) is 1. The highest BCUT2D eigenvalue weighted by molar-refractivity contribution is 7.09. The van der Waals surface area contributed by atoms with Crippen molar-refractivity contribution in [3.63, 3.8) is 0 Å². The summed E-state index contributed by atoms with van der Waals surface area (Å²) in [7, 11) is 4.92. The van der Waals surface area contributed by atoms with Crippen LogP contribution in [0.15, 0.2) is 41.9 Å². The number of nitrogens with one attached hydrogen (secondary N) is 2. The summed E-state index contributed by atoms with van der Waals surface area (Å²) in [6.07, 6.45) is 3.89. The van der Waals surface area contributed by atoms with Crippen molar-refractivity contribution < 1.29 is 28.7 Å². The van der Waals surface area contributed by atoms with E-state index in [1.807, 2.05) is 75.2 Å². The summed E-state index contributed by atoms with van der Waals surface area (Å²) in [5, 5.41) is 8.93. The van der Waals surface area contributed by atoms with Crippen LogP contribution in [0.5, 0.6) is 0 Å². The summed E-state index contributed by atoms with van der Waals surface area (Å²) in [6.45, 7) is 14.3. The molecule has 4 amide bonds. The molecule has 1 saturated heterocycles. The number of rotatable bonds is 20. The third-order valence-electron chi connectivity index (χ3n) is 10.5. The van der Waals surface area contributed by atoms with Crippen molar-refractivity contribution in [3.8, 4) is 0 Å². The third-order valence-corrected chi connectivity index (χ3v) is 11.3. The second-order valence-corrected chi connectivity index (χ2v) is 16.0. The fraction of sp³-hybridized carbons (Fsp3) is 0.675. The van der Waals surface area contributed by atoms with Crippen molar-refractivity contribution >= 4 is 35.0 Å². The second kappa shape index (κ2) is 20.8. The van der Waals surface area contributed by atoms with Crippen LogP contribution in [0.4, 0.5) is 0 Å². The number of aromatic nitrogens is 1. The van der Waals surface area contributed by atoms with Crippen molar-refractivity contribution in [3.05, 3.63) is 52.5 Å². The zero-order valence-corrected chi connectivity index (χ0v) is 33.8. The van der Waals surface area contributed by atoms with Crippen LogP contribution >= 0.6 is 11.3 Å². The normalized spacial score (nSPS) is 18.7. The van der Waals surface area contributed by atoms with E-state index in [1.165, 1.54) is 11.3 Å². The van der Waals surface area contributed by atoms with Gasteiger partial charge >= 0.3 is 0 Å². The number of amides is 4. The molecule has 12 heteroatoms. The monoisotopic (exact) mass is 741 g/mol. The zero-order chi connectivity index (χ0) is 38.5. The summed E-state index contributed by atoms with van der Waals surface area (Å²) < 4.78 is 12.0. The fourth-order valence-electron chi connectivity index (χ4n) is 7.40. The van der Waals surface area contributed by atoms with E-state index in [0.717, 1.165) is 23.4 Å². The molecule has 0 radical (unpaired) electrons. The molecule has 1 aromatic heterocycles. The lowest BCUT2D eigenvalue weighted by Gasteiger charge is -2.41. The molecule has 8 atom stereocenters. The molecule has 0 aliphatic carbocycles. The van der Waals surface area contributed by atoms with E-state index in [4.69, 9.17) is 9.47 Å². The molecule has 0 bridgehead atoms.